The predicted octanol–water partition coefficient (Wildman–Crippen LogP) is 3.75. The van der Waals surface area contributed by atoms with E-state index in [9.17, 15) is 0 Å². The molecule has 1 heterocycles. The molecule has 0 aliphatic carbocycles. The highest BCUT2D eigenvalue weighted by Gasteiger charge is 2.03. The van der Waals surface area contributed by atoms with Gasteiger partial charge in [-0.1, -0.05) is 43.7 Å². The first-order valence-electron chi connectivity index (χ1n) is 7.36. The zero-order valence-electron chi connectivity index (χ0n) is 13.1. The maximum absolute atomic E-state index is 4.45. The van der Waals surface area contributed by atoms with Crippen LogP contribution in [0.3, 0.4) is 0 Å². The zero-order chi connectivity index (χ0) is 15.2. The van der Waals surface area contributed by atoms with E-state index in [0.29, 0.717) is 5.95 Å². The number of hydrazone groups is 1. The van der Waals surface area contributed by atoms with Gasteiger partial charge in [-0.15, -0.1) is 0 Å². The van der Waals surface area contributed by atoms with E-state index in [1.54, 1.807) is 0 Å². The highest BCUT2D eigenvalue weighted by Crippen LogP contribution is 2.09. The first kappa shape index (κ1) is 15.2. The van der Waals surface area contributed by atoms with E-state index in [2.05, 4.69) is 53.4 Å². The molecule has 0 aliphatic rings. The van der Waals surface area contributed by atoms with Gasteiger partial charge in [0.05, 0.1) is 5.71 Å². The molecule has 0 unspecified atom stereocenters. The van der Waals surface area contributed by atoms with Crippen LogP contribution in [0.15, 0.2) is 35.4 Å². The molecule has 4 heteroatoms. The van der Waals surface area contributed by atoms with E-state index in [-0.39, 0.29) is 0 Å². The van der Waals surface area contributed by atoms with E-state index in [1.807, 2.05) is 25.1 Å². The third kappa shape index (κ3) is 4.12. The van der Waals surface area contributed by atoms with Crippen LogP contribution in [0.4, 0.5) is 5.95 Å². The van der Waals surface area contributed by atoms with Crippen molar-refractivity contribution in [2.45, 2.75) is 40.5 Å². The highest BCUT2D eigenvalue weighted by atomic mass is 15.4. The third-order valence-corrected chi connectivity index (χ3v) is 3.32. The van der Waals surface area contributed by atoms with Crippen molar-refractivity contribution in [3.63, 3.8) is 0 Å². The van der Waals surface area contributed by atoms with Crippen LogP contribution in [0.1, 0.15) is 43.3 Å². The SMILES string of the molecule is CCc1cc(CC)nc(NN=C(C)c2cccc(C)c2)n1. The molecule has 2 aromatic rings. The van der Waals surface area contributed by atoms with Crippen molar-refractivity contribution < 1.29 is 0 Å². The van der Waals surface area contributed by atoms with Gasteiger partial charge in [-0.25, -0.2) is 15.4 Å². The van der Waals surface area contributed by atoms with Crippen molar-refractivity contribution in [2.24, 2.45) is 5.10 Å². The minimum Gasteiger partial charge on any atom is -0.245 e. The van der Waals surface area contributed by atoms with Gasteiger partial charge in [-0.2, -0.15) is 5.10 Å². The summed E-state index contributed by atoms with van der Waals surface area (Å²) in [5.74, 6) is 0.568. The van der Waals surface area contributed by atoms with Crippen molar-refractivity contribution in [1.82, 2.24) is 9.97 Å². The van der Waals surface area contributed by atoms with Crippen molar-refractivity contribution >= 4 is 11.7 Å². The Labute approximate surface area is 126 Å². The first-order chi connectivity index (χ1) is 10.1. The number of benzene rings is 1. The fourth-order valence-electron chi connectivity index (χ4n) is 2.03. The molecule has 0 aliphatic heterocycles. The van der Waals surface area contributed by atoms with Gasteiger partial charge in [-0.3, -0.25) is 0 Å². The molecule has 0 saturated carbocycles. The zero-order valence-corrected chi connectivity index (χ0v) is 13.1. The lowest BCUT2D eigenvalue weighted by Gasteiger charge is -2.06. The lowest BCUT2D eigenvalue weighted by molar-refractivity contribution is 0.933. The number of aromatic nitrogens is 2. The average molecular weight is 282 g/mol. The number of hydrogen-bond acceptors (Lipinski definition) is 4. The number of rotatable bonds is 5. The van der Waals surface area contributed by atoms with Gasteiger partial charge in [0.15, 0.2) is 0 Å². The highest BCUT2D eigenvalue weighted by molar-refractivity contribution is 5.99. The lowest BCUT2D eigenvalue weighted by atomic mass is 10.1. The molecule has 0 saturated heterocycles. The van der Waals surface area contributed by atoms with Crippen LogP contribution in [0.25, 0.3) is 0 Å². The minimum atomic E-state index is 0.568. The summed E-state index contributed by atoms with van der Waals surface area (Å²) in [7, 11) is 0. The third-order valence-electron chi connectivity index (χ3n) is 3.32. The van der Waals surface area contributed by atoms with Crippen molar-refractivity contribution in [3.05, 3.63) is 52.8 Å². The first-order valence-corrected chi connectivity index (χ1v) is 7.36. The molecule has 2 rings (SSSR count). The molecule has 0 amide bonds. The predicted molar refractivity (Wildman–Crippen MR) is 87.8 cm³/mol. The smallest absolute Gasteiger partial charge is 0.243 e. The average Bonchev–Trinajstić information content (AvgIpc) is 2.52. The number of anilines is 1. The standard InChI is InChI=1S/C17H22N4/c1-5-15-11-16(6-2)19-17(18-15)21-20-13(4)14-9-7-8-12(3)10-14/h7-11H,5-6H2,1-4H3,(H,18,19,21). The van der Waals surface area contributed by atoms with Gasteiger partial charge in [0.2, 0.25) is 5.95 Å². The van der Waals surface area contributed by atoms with Crippen LogP contribution in [0, 0.1) is 6.92 Å². The Morgan fingerprint density at radius 1 is 1.10 bits per heavy atom. The molecule has 1 aromatic heterocycles. The number of aryl methyl sites for hydroxylation is 3. The summed E-state index contributed by atoms with van der Waals surface area (Å²) in [5.41, 5.74) is 8.29. The number of nitrogens with zero attached hydrogens (tertiary/aromatic N) is 3. The fourth-order valence-corrected chi connectivity index (χ4v) is 2.03. The lowest BCUT2D eigenvalue weighted by Crippen LogP contribution is -2.05. The van der Waals surface area contributed by atoms with E-state index in [0.717, 1.165) is 35.5 Å². The molecular weight excluding hydrogens is 260 g/mol. The van der Waals surface area contributed by atoms with Gasteiger partial charge >= 0.3 is 0 Å². The van der Waals surface area contributed by atoms with Gasteiger partial charge in [0.25, 0.3) is 0 Å². The summed E-state index contributed by atoms with van der Waals surface area (Å²) in [6.45, 7) is 8.23. The van der Waals surface area contributed by atoms with Crippen LogP contribution in [0.2, 0.25) is 0 Å². The molecule has 1 N–H and O–H groups in total. The summed E-state index contributed by atoms with van der Waals surface area (Å²) in [5, 5.41) is 4.40. The molecule has 0 atom stereocenters. The Bertz CT molecular complexity index is 625. The van der Waals surface area contributed by atoms with E-state index in [4.69, 9.17) is 0 Å². The van der Waals surface area contributed by atoms with E-state index < -0.39 is 0 Å². The Balaban J connectivity index is 2.20. The van der Waals surface area contributed by atoms with Crippen LogP contribution < -0.4 is 5.43 Å². The molecule has 0 bridgehead atoms. The second-order valence-electron chi connectivity index (χ2n) is 5.06. The summed E-state index contributed by atoms with van der Waals surface area (Å²) in [4.78, 5) is 8.91. The van der Waals surface area contributed by atoms with Gasteiger partial charge in [-0.05, 0) is 38.3 Å². The Morgan fingerprint density at radius 3 is 2.33 bits per heavy atom. The molecule has 0 spiro atoms. The topological polar surface area (TPSA) is 50.2 Å². The van der Waals surface area contributed by atoms with Crippen LogP contribution in [0.5, 0.6) is 0 Å². The maximum atomic E-state index is 4.45. The second-order valence-corrected chi connectivity index (χ2v) is 5.06. The molecule has 110 valence electrons. The molecule has 0 fully saturated rings. The summed E-state index contributed by atoms with van der Waals surface area (Å²) >= 11 is 0. The molecule has 4 nitrogen and oxygen atoms in total. The minimum absolute atomic E-state index is 0.568. The van der Waals surface area contributed by atoms with Crippen LogP contribution >= 0.6 is 0 Å². The van der Waals surface area contributed by atoms with Gasteiger partial charge in [0, 0.05) is 11.4 Å². The van der Waals surface area contributed by atoms with E-state index in [1.165, 1.54) is 5.56 Å². The molecular formula is C17H22N4. The quantitative estimate of drug-likeness (QED) is 0.671. The Hall–Kier alpha value is -2.23. The van der Waals surface area contributed by atoms with E-state index >= 15 is 0 Å². The summed E-state index contributed by atoms with van der Waals surface area (Å²) in [6.07, 6.45) is 1.79. The van der Waals surface area contributed by atoms with Crippen LogP contribution in [-0.2, 0) is 12.8 Å². The fraction of sp³-hybridized carbons (Fsp3) is 0.353. The molecule has 1 aromatic carbocycles. The molecule has 21 heavy (non-hydrogen) atoms. The van der Waals surface area contributed by atoms with Crippen LogP contribution in [-0.4, -0.2) is 15.7 Å². The van der Waals surface area contributed by atoms with Gasteiger partial charge < -0.3 is 0 Å². The van der Waals surface area contributed by atoms with Crippen molar-refractivity contribution in [2.75, 3.05) is 5.43 Å². The monoisotopic (exact) mass is 282 g/mol. The summed E-state index contributed by atoms with van der Waals surface area (Å²) in [6, 6.07) is 10.3. The van der Waals surface area contributed by atoms with Gasteiger partial charge in [0.1, 0.15) is 0 Å². The Morgan fingerprint density at radius 2 is 1.76 bits per heavy atom. The maximum Gasteiger partial charge on any atom is 0.243 e. The summed E-state index contributed by atoms with van der Waals surface area (Å²) < 4.78 is 0. The Kier molecular flexibility index (Phi) is 5.04. The molecule has 0 radical (unpaired) electrons. The van der Waals surface area contributed by atoms with Crippen molar-refractivity contribution in [1.29, 1.82) is 0 Å². The number of nitrogens with one attached hydrogen (secondary N) is 1. The van der Waals surface area contributed by atoms with Crippen molar-refractivity contribution in [3.8, 4) is 0 Å². The number of hydrogen-bond donors (Lipinski definition) is 1. The second kappa shape index (κ2) is 6.97. The normalized spacial score (nSPS) is 11.5. The largest absolute Gasteiger partial charge is 0.245 e.